The molecule has 190 valence electrons. The summed E-state index contributed by atoms with van der Waals surface area (Å²) >= 11 is 0. The third-order valence-corrected chi connectivity index (χ3v) is 5.61. The molecule has 0 aliphatic rings. The molecule has 0 spiro atoms. The standard InChI is InChI=1S/C27H33N5O4/c1-18(2)16-30(26(34)20-13-12-19(3)22(14-20)32(35)36)17-25(33)28-24-15-23(27(4,5)6)29-31(24)21-10-8-7-9-11-21/h7-15,18H,16-17H2,1-6H3,(H,28,33). The molecule has 0 saturated heterocycles. The summed E-state index contributed by atoms with van der Waals surface area (Å²) in [6.45, 7) is 11.7. The zero-order chi connectivity index (χ0) is 26.6. The average molecular weight is 492 g/mol. The molecule has 0 radical (unpaired) electrons. The van der Waals surface area contributed by atoms with Gasteiger partial charge in [-0.15, -0.1) is 0 Å². The van der Waals surface area contributed by atoms with Crippen LogP contribution in [0.3, 0.4) is 0 Å². The van der Waals surface area contributed by atoms with Crippen molar-refractivity contribution in [2.75, 3.05) is 18.4 Å². The van der Waals surface area contributed by atoms with E-state index >= 15 is 0 Å². The van der Waals surface area contributed by atoms with E-state index in [4.69, 9.17) is 5.10 Å². The highest BCUT2D eigenvalue weighted by atomic mass is 16.6. The third-order valence-electron chi connectivity index (χ3n) is 5.61. The molecule has 0 atom stereocenters. The van der Waals surface area contributed by atoms with E-state index in [0.29, 0.717) is 17.9 Å². The first-order chi connectivity index (χ1) is 16.9. The molecule has 1 aromatic heterocycles. The second-order valence-electron chi connectivity index (χ2n) is 10.3. The largest absolute Gasteiger partial charge is 0.329 e. The van der Waals surface area contributed by atoms with Gasteiger partial charge in [-0.2, -0.15) is 5.10 Å². The average Bonchev–Trinajstić information content (AvgIpc) is 3.23. The lowest BCUT2D eigenvalue weighted by Crippen LogP contribution is -2.40. The molecule has 0 fully saturated rings. The fourth-order valence-corrected chi connectivity index (χ4v) is 3.74. The first-order valence-corrected chi connectivity index (χ1v) is 11.9. The van der Waals surface area contributed by atoms with Gasteiger partial charge in [0.25, 0.3) is 11.6 Å². The van der Waals surface area contributed by atoms with Gasteiger partial charge in [0.05, 0.1) is 16.3 Å². The number of nitro groups is 1. The van der Waals surface area contributed by atoms with E-state index in [9.17, 15) is 19.7 Å². The van der Waals surface area contributed by atoms with Crippen molar-refractivity contribution < 1.29 is 14.5 Å². The molecular formula is C27H33N5O4. The van der Waals surface area contributed by atoms with Crippen molar-refractivity contribution in [2.24, 2.45) is 5.92 Å². The minimum Gasteiger partial charge on any atom is -0.329 e. The monoisotopic (exact) mass is 491 g/mol. The number of amides is 2. The predicted molar refractivity (Wildman–Crippen MR) is 139 cm³/mol. The lowest BCUT2D eigenvalue weighted by molar-refractivity contribution is -0.385. The van der Waals surface area contributed by atoms with Gasteiger partial charge >= 0.3 is 0 Å². The molecule has 1 N–H and O–H groups in total. The molecule has 1 heterocycles. The van der Waals surface area contributed by atoms with Crippen molar-refractivity contribution in [1.29, 1.82) is 0 Å². The minimum atomic E-state index is -0.511. The number of hydrogen-bond donors (Lipinski definition) is 1. The molecule has 9 heteroatoms. The minimum absolute atomic E-state index is 0.0875. The summed E-state index contributed by atoms with van der Waals surface area (Å²) in [4.78, 5) is 38.7. The molecule has 36 heavy (non-hydrogen) atoms. The number of hydrogen-bond acceptors (Lipinski definition) is 5. The van der Waals surface area contributed by atoms with E-state index in [-0.39, 0.29) is 35.0 Å². The molecule has 2 aromatic carbocycles. The van der Waals surface area contributed by atoms with Crippen molar-refractivity contribution in [3.63, 3.8) is 0 Å². The molecule has 3 rings (SSSR count). The summed E-state index contributed by atoms with van der Waals surface area (Å²) in [7, 11) is 0. The van der Waals surface area contributed by atoms with E-state index < -0.39 is 10.8 Å². The van der Waals surface area contributed by atoms with E-state index in [0.717, 1.165) is 11.4 Å². The van der Waals surface area contributed by atoms with Gasteiger partial charge in [-0.25, -0.2) is 4.68 Å². The molecule has 0 unspecified atom stereocenters. The first-order valence-electron chi connectivity index (χ1n) is 11.9. The van der Waals surface area contributed by atoms with Crippen LogP contribution in [0, 0.1) is 23.0 Å². The number of nitrogens with zero attached hydrogens (tertiary/aromatic N) is 4. The fourth-order valence-electron chi connectivity index (χ4n) is 3.74. The Bertz CT molecular complexity index is 1260. The Morgan fingerprint density at radius 1 is 1.11 bits per heavy atom. The van der Waals surface area contributed by atoms with Gasteiger partial charge in [0.2, 0.25) is 5.91 Å². The molecule has 0 aliphatic heterocycles. The first kappa shape index (κ1) is 26.6. The number of nitrogens with one attached hydrogen (secondary N) is 1. The van der Waals surface area contributed by atoms with Crippen molar-refractivity contribution in [3.8, 4) is 5.69 Å². The van der Waals surface area contributed by atoms with Crippen LogP contribution in [0.1, 0.15) is 56.2 Å². The molecule has 0 aliphatic carbocycles. The number of carbonyl (C=O) groups is 2. The van der Waals surface area contributed by atoms with Crippen LogP contribution in [0.5, 0.6) is 0 Å². The highest BCUT2D eigenvalue weighted by Gasteiger charge is 2.25. The van der Waals surface area contributed by atoms with Crippen LogP contribution in [-0.4, -0.2) is 44.5 Å². The number of benzene rings is 2. The van der Waals surface area contributed by atoms with Crippen LogP contribution in [0.2, 0.25) is 0 Å². The number of carbonyl (C=O) groups excluding carboxylic acids is 2. The maximum Gasteiger partial charge on any atom is 0.273 e. The molecule has 2 amide bonds. The quantitative estimate of drug-likeness (QED) is 0.347. The second-order valence-corrected chi connectivity index (χ2v) is 10.3. The highest BCUT2D eigenvalue weighted by Crippen LogP contribution is 2.26. The normalized spacial score (nSPS) is 11.4. The Labute approximate surface area is 211 Å². The Hall–Kier alpha value is -4.01. The van der Waals surface area contributed by atoms with Crippen LogP contribution in [-0.2, 0) is 10.2 Å². The van der Waals surface area contributed by atoms with Gasteiger partial charge in [-0.05, 0) is 31.0 Å². The summed E-state index contributed by atoms with van der Waals surface area (Å²) < 4.78 is 1.68. The Morgan fingerprint density at radius 3 is 2.36 bits per heavy atom. The Morgan fingerprint density at radius 2 is 1.78 bits per heavy atom. The summed E-state index contributed by atoms with van der Waals surface area (Å²) in [5.41, 5.74) is 1.88. The number of rotatable bonds is 8. The van der Waals surface area contributed by atoms with Crippen LogP contribution in [0.25, 0.3) is 5.69 Å². The highest BCUT2D eigenvalue weighted by molar-refractivity contribution is 5.99. The molecule has 0 saturated carbocycles. The molecule has 9 nitrogen and oxygen atoms in total. The third kappa shape index (κ3) is 6.35. The van der Waals surface area contributed by atoms with Crippen LogP contribution in [0.15, 0.2) is 54.6 Å². The summed E-state index contributed by atoms with van der Waals surface area (Å²) in [5, 5.41) is 19.0. The lowest BCUT2D eigenvalue weighted by atomic mass is 9.92. The number of nitro benzene ring substituents is 1. The van der Waals surface area contributed by atoms with Gasteiger partial charge < -0.3 is 10.2 Å². The molecule has 0 bridgehead atoms. The van der Waals surface area contributed by atoms with Crippen LogP contribution in [0.4, 0.5) is 11.5 Å². The van der Waals surface area contributed by atoms with Gasteiger partial charge in [-0.1, -0.05) is 58.9 Å². The smallest absolute Gasteiger partial charge is 0.273 e. The van der Waals surface area contributed by atoms with Crippen LogP contribution >= 0.6 is 0 Å². The summed E-state index contributed by atoms with van der Waals surface area (Å²) in [6.07, 6.45) is 0. The Balaban J connectivity index is 1.88. The van der Waals surface area contributed by atoms with Gasteiger partial charge in [0.15, 0.2) is 0 Å². The van der Waals surface area contributed by atoms with Crippen molar-refractivity contribution in [3.05, 3.63) is 81.5 Å². The van der Waals surface area contributed by atoms with Crippen molar-refractivity contribution in [1.82, 2.24) is 14.7 Å². The number of para-hydroxylation sites is 1. The number of anilines is 1. The summed E-state index contributed by atoms with van der Waals surface area (Å²) in [6, 6.07) is 15.7. The van der Waals surface area contributed by atoms with E-state index in [1.54, 1.807) is 23.7 Å². The number of aryl methyl sites for hydroxylation is 1. The van der Waals surface area contributed by atoms with Crippen molar-refractivity contribution in [2.45, 2.75) is 47.0 Å². The van der Waals surface area contributed by atoms with Gasteiger partial charge in [-0.3, -0.25) is 19.7 Å². The number of aromatic nitrogens is 2. The second kappa shape index (κ2) is 10.7. The predicted octanol–water partition coefficient (Wildman–Crippen LogP) is 5.12. The van der Waals surface area contributed by atoms with Crippen molar-refractivity contribution >= 4 is 23.3 Å². The van der Waals surface area contributed by atoms with E-state index in [2.05, 4.69) is 5.32 Å². The lowest BCUT2D eigenvalue weighted by Gasteiger charge is -2.24. The zero-order valence-electron chi connectivity index (χ0n) is 21.6. The van der Waals surface area contributed by atoms with E-state index in [1.807, 2.05) is 71.0 Å². The fraction of sp³-hybridized carbons (Fsp3) is 0.370. The van der Waals surface area contributed by atoms with Crippen LogP contribution < -0.4 is 5.32 Å². The van der Waals surface area contributed by atoms with Gasteiger partial charge in [0.1, 0.15) is 12.4 Å². The topological polar surface area (TPSA) is 110 Å². The molecule has 3 aromatic rings. The Kier molecular flexibility index (Phi) is 7.92. The SMILES string of the molecule is Cc1ccc(C(=O)N(CC(=O)Nc2cc(C(C)(C)C)nn2-c2ccccc2)CC(C)C)cc1[N+](=O)[O-]. The van der Waals surface area contributed by atoms with E-state index in [1.165, 1.54) is 11.0 Å². The maximum atomic E-state index is 13.3. The zero-order valence-corrected chi connectivity index (χ0v) is 21.6. The molecular weight excluding hydrogens is 458 g/mol. The summed E-state index contributed by atoms with van der Waals surface area (Å²) in [5.74, 6) is -0.236. The maximum absolute atomic E-state index is 13.3. The van der Waals surface area contributed by atoms with Gasteiger partial charge in [0, 0.05) is 35.2 Å².